The molecule has 0 radical (unpaired) electrons. The third-order valence-corrected chi connectivity index (χ3v) is 16.7. The molecule has 504 valence electrons. The molecule has 0 aliphatic carbocycles. The zero-order valence-electron chi connectivity index (χ0n) is 46.8. The highest BCUT2D eigenvalue weighted by Gasteiger charge is 2.60. The molecule has 21 fully saturated rings. The van der Waals surface area contributed by atoms with Gasteiger partial charge in [0, 0.05) is 5.56 Å². The van der Waals surface area contributed by atoms with Gasteiger partial charge in [-0.3, -0.25) is 0 Å². The van der Waals surface area contributed by atoms with E-state index < -0.39 is 267 Å². The number of benzene rings is 1. The molecule has 21 saturated heterocycles. The van der Waals surface area contributed by atoms with Crippen LogP contribution in [0.3, 0.4) is 0 Å². The van der Waals surface area contributed by atoms with Gasteiger partial charge in [-0.15, -0.1) is 0 Å². The summed E-state index contributed by atoms with van der Waals surface area (Å²) in [6.07, 6.45) is -72.0. The number of hydrogen-bond acceptors (Lipinski definition) is 37. The molecular weight excluding hydrogens is 1200 g/mol. The van der Waals surface area contributed by atoms with Crippen LogP contribution >= 0.6 is 0 Å². The highest BCUT2D eigenvalue weighted by Crippen LogP contribution is 2.39. The standard InChI is InChI=1S/C51H78O37/c1-13-14(4-3-5-15(13)73-2)44(72)74-12-22-43-29(64)36(71)51(81-22)87-42-21(11-57)79-49(34(69)27(42)62)85-40-19(9-55)77-47(32(67)25(40)60)83-38-17(7-53)75-45(30(65)23(38)58)82-37-16(6-52)76-46(31(66)24(37)59)84-39-18(8-54)78-48(33(68)26(39)61)86-41-20(10-56)80-50(88-43)35(70)28(41)63/h3-5,16-43,45-71H,6-12H2,1-2H3/t16-,17-,18-,19-,20-,21-,22-,23-,24-,25-,26-,27-,28-,29-,30-,31-,32-,33-,34-,35-,36-,37-,38-,39-,40-,41-,42-,43-,45-,46-,47-,48-,49-,50-,51-/m1/s1. The maximum absolute atomic E-state index is 13.6. The van der Waals surface area contributed by atoms with Crippen LogP contribution in [0.25, 0.3) is 0 Å². The molecule has 37 nitrogen and oxygen atoms in total. The molecular formula is C51H78O37. The van der Waals surface area contributed by atoms with E-state index in [0.717, 1.165) is 0 Å². The summed E-state index contributed by atoms with van der Waals surface area (Å²) in [4.78, 5) is 13.6. The number of aliphatic hydroxyl groups is 20. The van der Waals surface area contributed by atoms with Crippen molar-refractivity contribution in [2.75, 3.05) is 53.4 Å². The Labute approximate surface area is 498 Å². The number of hydrogen-bond donors (Lipinski definition) is 20. The fourth-order valence-electron chi connectivity index (χ4n) is 11.7. The molecule has 0 aromatic heterocycles. The second-order valence-electron chi connectivity index (χ2n) is 22.2. The SMILES string of the molecule is COc1cccc(C(=O)OC[C@H]2O[C@@H]3O[C@H]4[C@H](O)[C@@H](O)[C@@H](O[C@H]5[C@H](O)[C@@H](O)[C@@H](O[C@H]6[C@H](O)[C@@H](O)[C@@H](O[C@H]7[C@H](O)[C@@H](O)[C@@H](O[C@H]8[C@H](O)[C@@H](O)[C@@H](O[C@H]9[C@H](O)[C@@H](O)[C@@H](O[C@H]2[C@H](O)[C@H]3O)O[C@@H]9CO)O[C@@H]8CO)O[C@@H]7CO)O[C@@H]6CO)O[C@@H]5CO)O[C@@H]4CO)c1C. The lowest BCUT2D eigenvalue weighted by Crippen LogP contribution is -2.68. The van der Waals surface area contributed by atoms with Crippen LogP contribution in [-0.4, -0.2) is 376 Å². The van der Waals surface area contributed by atoms with Gasteiger partial charge in [-0.25, -0.2) is 4.79 Å². The average Bonchev–Trinajstić information content (AvgIpc) is 1.54. The first-order chi connectivity index (χ1) is 41.9. The molecule has 20 N–H and O–H groups in total. The Hall–Kier alpha value is -2.87. The van der Waals surface area contributed by atoms with Crippen molar-refractivity contribution in [1.29, 1.82) is 0 Å². The summed E-state index contributed by atoms with van der Waals surface area (Å²) in [5.41, 5.74) is 0.298. The van der Waals surface area contributed by atoms with Gasteiger partial charge >= 0.3 is 5.97 Å². The van der Waals surface area contributed by atoms with Gasteiger partial charge in [0.1, 0.15) is 183 Å². The smallest absolute Gasteiger partial charge is 0.338 e. The topological polar surface area (TPSA) is 569 Å². The molecule has 0 unspecified atom stereocenters. The lowest BCUT2D eigenvalue weighted by Gasteiger charge is -2.50. The summed E-state index contributed by atoms with van der Waals surface area (Å²) in [5, 5.41) is 224. The first-order valence-electron chi connectivity index (χ1n) is 28.1. The number of rotatable bonds is 10. The van der Waals surface area contributed by atoms with E-state index >= 15 is 0 Å². The van der Waals surface area contributed by atoms with Crippen molar-refractivity contribution in [3.05, 3.63) is 29.3 Å². The van der Waals surface area contributed by atoms with Crippen molar-refractivity contribution in [1.82, 2.24) is 0 Å². The van der Waals surface area contributed by atoms with Gasteiger partial charge in [-0.05, 0) is 19.1 Å². The number of esters is 1. The molecule has 21 aliphatic heterocycles. The minimum absolute atomic E-state index is 0.0229. The van der Waals surface area contributed by atoms with Gasteiger partial charge in [-0.2, -0.15) is 0 Å². The van der Waals surface area contributed by atoms with Gasteiger partial charge in [0.05, 0.1) is 52.3 Å². The van der Waals surface area contributed by atoms with Gasteiger partial charge in [-0.1, -0.05) is 6.07 Å². The molecule has 88 heavy (non-hydrogen) atoms. The van der Waals surface area contributed by atoms with Gasteiger partial charge in [0.25, 0.3) is 0 Å². The fraction of sp³-hybridized carbons (Fsp3) is 0.863. The quantitative estimate of drug-likeness (QED) is 0.0967. The molecule has 0 spiro atoms. The van der Waals surface area contributed by atoms with Crippen molar-refractivity contribution in [3.8, 4) is 5.75 Å². The minimum Gasteiger partial charge on any atom is -0.496 e. The van der Waals surface area contributed by atoms with Crippen LogP contribution in [0.2, 0.25) is 0 Å². The normalized spacial score (nSPS) is 49.8. The van der Waals surface area contributed by atoms with Crippen LogP contribution in [0, 0.1) is 6.92 Å². The Balaban J connectivity index is 1.02. The number of methoxy groups -OCH3 is 1. The number of carbonyl (C=O) groups excluding carboxylic acids is 1. The van der Waals surface area contributed by atoms with Crippen LogP contribution in [0.1, 0.15) is 15.9 Å². The van der Waals surface area contributed by atoms with Gasteiger partial charge < -0.3 is 178 Å². The summed E-state index contributed by atoms with van der Waals surface area (Å²) < 4.78 is 91.9. The molecule has 1 aromatic carbocycles. The van der Waals surface area contributed by atoms with E-state index in [9.17, 15) is 107 Å². The predicted molar refractivity (Wildman–Crippen MR) is 269 cm³/mol. The Kier molecular flexibility index (Phi) is 23.4. The van der Waals surface area contributed by atoms with E-state index in [1.807, 2.05) is 0 Å². The molecule has 0 amide bonds. The summed E-state index contributed by atoms with van der Waals surface area (Å²) in [6.45, 7) is -5.82. The number of aliphatic hydroxyl groups excluding tert-OH is 20. The van der Waals surface area contributed by atoms with Crippen molar-refractivity contribution in [3.63, 3.8) is 0 Å². The number of ether oxygens (including phenoxy) is 16. The third kappa shape index (κ3) is 13.7. The Morgan fingerprint density at radius 2 is 0.557 bits per heavy atom. The van der Waals surface area contributed by atoms with Crippen LogP contribution in [0.5, 0.6) is 5.75 Å². The van der Waals surface area contributed by atoms with Crippen molar-refractivity contribution in [2.45, 2.75) is 222 Å². The third-order valence-electron chi connectivity index (χ3n) is 16.7. The van der Waals surface area contributed by atoms with Crippen molar-refractivity contribution < 1.29 is 183 Å². The average molecular weight is 1280 g/mol. The Morgan fingerprint density at radius 1 is 0.341 bits per heavy atom. The molecule has 22 rings (SSSR count). The molecule has 1 aromatic rings. The lowest BCUT2D eigenvalue weighted by atomic mass is 9.95. The zero-order chi connectivity index (χ0) is 63.9. The minimum atomic E-state index is -2.30. The first kappa shape index (κ1) is 69.5. The molecule has 0 saturated carbocycles. The zero-order valence-corrected chi connectivity index (χ0v) is 46.8. The molecule has 14 bridgehead atoms. The monoisotopic (exact) mass is 1280 g/mol. The molecule has 37 heteroatoms. The van der Waals surface area contributed by atoms with E-state index in [0.29, 0.717) is 5.56 Å². The predicted octanol–water partition coefficient (Wildman–Crippen LogP) is -13.0. The van der Waals surface area contributed by atoms with E-state index in [-0.39, 0.29) is 11.3 Å². The van der Waals surface area contributed by atoms with Crippen LogP contribution in [-0.2, 0) is 71.1 Å². The summed E-state index contributed by atoms with van der Waals surface area (Å²) >= 11 is 0. The van der Waals surface area contributed by atoms with Gasteiger partial charge in [0.15, 0.2) is 44.0 Å². The molecule has 21 aliphatic rings. The Morgan fingerprint density at radius 3 is 0.773 bits per heavy atom. The first-order valence-corrected chi connectivity index (χ1v) is 28.1. The largest absolute Gasteiger partial charge is 0.496 e. The second kappa shape index (κ2) is 29.6. The van der Waals surface area contributed by atoms with E-state index in [1.165, 1.54) is 26.2 Å². The van der Waals surface area contributed by atoms with E-state index in [4.69, 9.17) is 75.8 Å². The Bertz CT molecular complexity index is 2370. The maximum atomic E-state index is 13.6. The van der Waals surface area contributed by atoms with E-state index in [1.54, 1.807) is 6.07 Å². The summed E-state index contributed by atoms with van der Waals surface area (Å²) in [5.74, 6) is -0.726. The van der Waals surface area contributed by atoms with Crippen LogP contribution < -0.4 is 4.74 Å². The highest BCUT2D eigenvalue weighted by atomic mass is 16.8. The molecule has 35 atom stereocenters. The van der Waals surface area contributed by atoms with Crippen molar-refractivity contribution >= 4 is 5.97 Å². The second-order valence-corrected chi connectivity index (χ2v) is 22.2. The molecule has 21 heterocycles. The maximum Gasteiger partial charge on any atom is 0.338 e. The number of carbonyl (C=O) groups is 1. The van der Waals surface area contributed by atoms with Gasteiger partial charge in [0.2, 0.25) is 0 Å². The van der Waals surface area contributed by atoms with Crippen LogP contribution in [0.15, 0.2) is 18.2 Å². The summed E-state index contributed by atoms with van der Waals surface area (Å²) in [6, 6.07) is 4.41. The fourth-order valence-corrected chi connectivity index (χ4v) is 11.7. The lowest BCUT2D eigenvalue weighted by molar-refractivity contribution is -0.396. The highest BCUT2D eigenvalue weighted by molar-refractivity contribution is 5.91. The summed E-state index contributed by atoms with van der Waals surface area (Å²) in [7, 11) is 1.35. The van der Waals surface area contributed by atoms with Crippen molar-refractivity contribution in [2.24, 2.45) is 0 Å². The van der Waals surface area contributed by atoms with Crippen LogP contribution in [0.4, 0.5) is 0 Å². The van der Waals surface area contributed by atoms with E-state index in [2.05, 4.69) is 0 Å².